The standard InChI is InChI=1S/C17H20ClNO/c1-2-19-12-15(14-6-8-16(18)9-7-14)10-13-4-3-5-17(20)11-13/h3-9,11,15,19-20H,2,10,12H2,1H3. The molecule has 2 nitrogen and oxygen atoms in total. The molecule has 0 aliphatic heterocycles. The van der Waals surface area contributed by atoms with Crippen LogP contribution in [0.25, 0.3) is 0 Å². The Morgan fingerprint density at radius 3 is 2.55 bits per heavy atom. The SMILES string of the molecule is CCNCC(Cc1cccc(O)c1)c1ccc(Cl)cc1. The highest BCUT2D eigenvalue weighted by Crippen LogP contribution is 2.23. The van der Waals surface area contributed by atoms with Crippen molar-refractivity contribution < 1.29 is 5.11 Å². The molecule has 2 aromatic carbocycles. The first-order valence-corrected chi connectivity index (χ1v) is 7.31. The van der Waals surface area contributed by atoms with Crippen molar-refractivity contribution in [1.29, 1.82) is 0 Å². The van der Waals surface area contributed by atoms with Gasteiger partial charge in [-0.1, -0.05) is 42.8 Å². The van der Waals surface area contributed by atoms with Crippen LogP contribution in [0.3, 0.4) is 0 Å². The van der Waals surface area contributed by atoms with Gasteiger partial charge in [0.2, 0.25) is 0 Å². The van der Waals surface area contributed by atoms with Crippen molar-refractivity contribution >= 4 is 11.6 Å². The average molecular weight is 290 g/mol. The molecule has 0 aliphatic rings. The monoisotopic (exact) mass is 289 g/mol. The summed E-state index contributed by atoms with van der Waals surface area (Å²) in [5.74, 6) is 0.690. The smallest absolute Gasteiger partial charge is 0.115 e. The number of phenolic OH excluding ortho intramolecular Hbond substituents is 1. The number of benzene rings is 2. The van der Waals surface area contributed by atoms with Crippen molar-refractivity contribution in [2.45, 2.75) is 19.3 Å². The quantitative estimate of drug-likeness (QED) is 0.843. The molecule has 20 heavy (non-hydrogen) atoms. The van der Waals surface area contributed by atoms with Crippen molar-refractivity contribution in [1.82, 2.24) is 5.32 Å². The molecule has 106 valence electrons. The van der Waals surface area contributed by atoms with Crippen molar-refractivity contribution in [3.8, 4) is 5.75 Å². The number of hydrogen-bond donors (Lipinski definition) is 2. The first-order chi connectivity index (χ1) is 9.69. The van der Waals surface area contributed by atoms with E-state index in [0.29, 0.717) is 11.7 Å². The van der Waals surface area contributed by atoms with Gasteiger partial charge >= 0.3 is 0 Å². The van der Waals surface area contributed by atoms with Gasteiger partial charge in [-0.15, -0.1) is 0 Å². The number of nitrogens with one attached hydrogen (secondary N) is 1. The van der Waals surface area contributed by atoms with Crippen LogP contribution in [0, 0.1) is 0 Å². The zero-order chi connectivity index (χ0) is 14.4. The zero-order valence-electron chi connectivity index (χ0n) is 11.6. The average Bonchev–Trinajstić information content (AvgIpc) is 2.44. The molecule has 0 spiro atoms. The van der Waals surface area contributed by atoms with Gasteiger partial charge in [-0.2, -0.15) is 0 Å². The van der Waals surface area contributed by atoms with E-state index in [4.69, 9.17) is 11.6 Å². The first kappa shape index (κ1) is 14.9. The summed E-state index contributed by atoms with van der Waals surface area (Å²) in [4.78, 5) is 0. The fraction of sp³-hybridized carbons (Fsp3) is 0.294. The van der Waals surface area contributed by atoms with E-state index in [9.17, 15) is 5.11 Å². The van der Waals surface area contributed by atoms with E-state index in [2.05, 4.69) is 30.4 Å². The third-order valence-electron chi connectivity index (χ3n) is 3.37. The zero-order valence-corrected chi connectivity index (χ0v) is 12.4. The Balaban J connectivity index is 2.16. The predicted molar refractivity (Wildman–Crippen MR) is 84.5 cm³/mol. The fourth-order valence-electron chi connectivity index (χ4n) is 2.33. The second kappa shape index (κ2) is 7.32. The maximum atomic E-state index is 9.58. The van der Waals surface area contributed by atoms with Crippen molar-refractivity contribution in [2.75, 3.05) is 13.1 Å². The van der Waals surface area contributed by atoms with E-state index in [0.717, 1.165) is 30.1 Å². The normalized spacial score (nSPS) is 12.3. The Labute approximate surface area is 125 Å². The molecule has 3 heteroatoms. The van der Waals surface area contributed by atoms with E-state index < -0.39 is 0 Å². The number of halogens is 1. The third-order valence-corrected chi connectivity index (χ3v) is 3.63. The van der Waals surface area contributed by atoms with Gasteiger partial charge < -0.3 is 10.4 Å². The van der Waals surface area contributed by atoms with Gasteiger partial charge in [-0.25, -0.2) is 0 Å². The van der Waals surface area contributed by atoms with Gasteiger partial charge in [0.15, 0.2) is 0 Å². The molecule has 0 bridgehead atoms. The molecule has 1 atom stereocenters. The van der Waals surface area contributed by atoms with E-state index in [1.54, 1.807) is 6.07 Å². The van der Waals surface area contributed by atoms with Crippen LogP contribution < -0.4 is 5.32 Å². The summed E-state index contributed by atoms with van der Waals surface area (Å²) in [5, 5.41) is 13.7. The minimum Gasteiger partial charge on any atom is -0.508 e. The minimum absolute atomic E-state index is 0.320. The largest absolute Gasteiger partial charge is 0.508 e. The lowest BCUT2D eigenvalue weighted by Gasteiger charge is -2.18. The van der Waals surface area contributed by atoms with Crippen LogP contribution in [0.2, 0.25) is 5.02 Å². The highest BCUT2D eigenvalue weighted by molar-refractivity contribution is 6.30. The summed E-state index contributed by atoms with van der Waals surface area (Å²) in [7, 11) is 0. The van der Waals surface area contributed by atoms with E-state index in [1.165, 1.54) is 5.56 Å². The lowest BCUT2D eigenvalue weighted by atomic mass is 9.92. The van der Waals surface area contributed by atoms with E-state index in [1.807, 2.05) is 24.3 Å². The maximum Gasteiger partial charge on any atom is 0.115 e. The molecule has 0 aliphatic carbocycles. The summed E-state index contributed by atoms with van der Waals surface area (Å²) in [6, 6.07) is 15.5. The molecule has 0 radical (unpaired) electrons. The lowest BCUT2D eigenvalue weighted by Crippen LogP contribution is -2.22. The summed E-state index contributed by atoms with van der Waals surface area (Å²) < 4.78 is 0. The van der Waals surface area contributed by atoms with Gasteiger partial charge in [-0.3, -0.25) is 0 Å². The second-order valence-electron chi connectivity index (χ2n) is 4.93. The van der Waals surface area contributed by atoms with E-state index in [-0.39, 0.29) is 0 Å². The number of rotatable bonds is 6. The fourth-order valence-corrected chi connectivity index (χ4v) is 2.46. The molecule has 0 aromatic heterocycles. The summed E-state index contributed by atoms with van der Waals surface area (Å²) in [5.41, 5.74) is 2.40. The van der Waals surface area contributed by atoms with Crippen LogP contribution in [0.4, 0.5) is 0 Å². The van der Waals surface area contributed by atoms with Crippen LogP contribution in [0.5, 0.6) is 5.75 Å². The molecule has 1 unspecified atom stereocenters. The van der Waals surface area contributed by atoms with Crippen LogP contribution >= 0.6 is 11.6 Å². The molecule has 0 heterocycles. The summed E-state index contributed by atoms with van der Waals surface area (Å²) in [6.07, 6.45) is 0.892. The van der Waals surface area contributed by atoms with Crippen molar-refractivity contribution in [3.05, 3.63) is 64.7 Å². The van der Waals surface area contributed by atoms with Crippen LogP contribution in [-0.2, 0) is 6.42 Å². The Morgan fingerprint density at radius 1 is 1.15 bits per heavy atom. The minimum atomic E-state index is 0.320. The van der Waals surface area contributed by atoms with Gasteiger partial charge in [0.1, 0.15) is 5.75 Å². The molecule has 2 aromatic rings. The van der Waals surface area contributed by atoms with E-state index >= 15 is 0 Å². The number of likely N-dealkylation sites (N-methyl/N-ethyl adjacent to an activating group) is 1. The topological polar surface area (TPSA) is 32.3 Å². The van der Waals surface area contributed by atoms with Gasteiger partial charge in [0.25, 0.3) is 0 Å². The molecule has 2 rings (SSSR count). The van der Waals surface area contributed by atoms with Crippen molar-refractivity contribution in [2.24, 2.45) is 0 Å². The van der Waals surface area contributed by atoms with Crippen LogP contribution in [-0.4, -0.2) is 18.2 Å². The summed E-state index contributed by atoms with van der Waals surface area (Å²) in [6.45, 7) is 3.96. The highest BCUT2D eigenvalue weighted by Gasteiger charge is 2.12. The number of phenols is 1. The van der Waals surface area contributed by atoms with Crippen molar-refractivity contribution in [3.63, 3.8) is 0 Å². The Kier molecular flexibility index (Phi) is 5.45. The third kappa shape index (κ3) is 4.26. The molecular weight excluding hydrogens is 270 g/mol. The Hall–Kier alpha value is -1.51. The molecule has 2 N–H and O–H groups in total. The van der Waals surface area contributed by atoms with Crippen LogP contribution in [0.1, 0.15) is 24.0 Å². The van der Waals surface area contributed by atoms with Gasteiger partial charge in [0, 0.05) is 17.5 Å². The van der Waals surface area contributed by atoms with Crippen LogP contribution in [0.15, 0.2) is 48.5 Å². The molecule has 0 saturated carbocycles. The molecule has 0 amide bonds. The molecule has 0 saturated heterocycles. The lowest BCUT2D eigenvalue weighted by molar-refractivity contribution is 0.474. The van der Waals surface area contributed by atoms with Gasteiger partial charge in [-0.05, 0) is 48.4 Å². The number of aromatic hydroxyl groups is 1. The highest BCUT2D eigenvalue weighted by atomic mass is 35.5. The Morgan fingerprint density at radius 2 is 1.90 bits per heavy atom. The number of hydrogen-bond acceptors (Lipinski definition) is 2. The van der Waals surface area contributed by atoms with Gasteiger partial charge in [0.05, 0.1) is 0 Å². The maximum absolute atomic E-state index is 9.58. The second-order valence-corrected chi connectivity index (χ2v) is 5.37. The first-order valence-electron chi connectivity index (χ1n) is 6.93. The molecular formula is C17H20ClNO. The summed E-state index contributed by atoms with van der Waals surface area (Å²) >= 11 is 5.95. The Bertz CT molecular complexity index is 539. The molecule has 0 fully saturated rings. The predicted octanol–water partition coefficient (Wildman–Crippen LogP) is 3.98.